The monoisotopic (exact) mass is 694 g/mol. The molecule has 4 aliphatic rings. The van der Waals surface area contributed by atoms with Crippen LogP contribution >= 0.6 is 11.6 Å². The summed E-state index contributed by atoms with van der Waals surface area (Å²) in [6.07, 6.45) is 17.1. The molecule has 1 atom stereocenters. The maximum absolute atomic E-state index is 7.33. The Hall–Kier alpha value is -2.29. The van der Waals surface area contributed by atoms with Crippen LogP contribution in [0.25, 0.3) is 11.3 Å². The molecule has 0 aromatic heterocycles. The first-order valence-electron chi connectivity index (χ1n) is 19.1. The van der Waals surface area contributed by atoms with Crippen molar-refractivity contribution in [3.05, 3.63) is 91.9 Å². The second kappa shape index (κ2) is 11.9. The number of rotatable bonds is 7. The van der Waals surface area contributed by atoms with Crippen molar-refractivity contribution in [2.75, 3.05) is 6.61 Å². The summed E-state index contributed by atoms with van der Waals surface area (Å²) in [5.74, 6) is 1.31. The van der Waals surface area contributed by atoms with Gasteiger partial charge in [-0.05, 0) is 102 Å². The Balaban J connectivity index is 1.92. The summed E-state index contributed by atoms with van der Waals surface area (Å²) in [5, 5.41) is 6.97. The van der Waals surface area contributed by atoms with Crippen LogP contribution in [0.4, 0.5) is 0 Å². The molecule has 0 spiro atoms. The van der Waals surface area contributed by atoms with Crippen LogP contribution in [-0.4, -0.2) is 14.7 Å². The third kappa shape index (κ3) is 5.80. The first-order chi connectivity index (χ1) is 22.6. The maximum atomic E-state index is 7.33. The van der Waals surface area contributed by atoms with Crippen LogP contribution in [0.3, 0.4) is 0 Å². The Morgan fingerprint density at radius 2 is 1.51 bits per heavy atom. The van der Waals surface area contributed by atoms with Crippen molar-refractivity contribution in [3.8, 4) is 5.75 Å². The van der Waals surface area contributed by atoms with E-state index in [1.54, 1.807) is 43.5 Å². The van der Waals surface area contributed by atoms with Crippen molar-refractivity contribution in [1.29, 1.82) is 0 Å². The van der Waals surface area contributed by atoms with E-state index >= 15 is 0 Å². The molecule has 0 radical (unpaired) electrons. The quantitative estimate of drug-likeness (QED) is 0.207. The van der Waals surface area contributed by atoms with E-state index < -0.39 is 8.07 Å². The SMILES string of the molecule is C=CCOc1c(Cl)cc(C(C)(C)C)cc1[Si](CC)(CC)C1=c2c(c3c(c4c2=CC(C)(C)CC4)C(C)(C)C=CC3(C)C)C2CCC(C)(C)C=C12. The molecule has 0 saturated heterocycles. The van der Waals surface area contributed by atoms with Crippen LogP contribution in [0.1, 0.15) is 143 Å². The Kier molecular flexibility index (Phi) is 8.85. The van der Waals surface area contributed by atoms with Crippen molar-refractivity contribution >= 4 is 36.1 Å². The van der Waals surface area contributed by atoms with Gasteiger partial charge < -0.3 is 4.74 Å². The van der Waals surface area contributed by atoms with Gasteiger partial charge in [0.15, 0.2) is 0 Å². The minimum Gasteiger partial charge on any atom is -0.488 e. The summed E-state index contributed by atoms with van der Waals surface area (Å²) in [7, 11) is -2.51. The topological polar surface area (TPSA) is 9.23 Å². The van der Waals surface area contributed by atoms with Crippen molar-refractivity contribution in [2.24, 2.45) is 10.8 Å². The summed E-state index contributed by atoms with van der Waals surface area (Å²) in [6.45, 7) is 36.1. The lowest BCUT2D eigenvalue weighted by Gasteiger charge is -2.43. The smallest absolute Gasteiger partial charge is 0.138 e. The van der Waals surface area contributed by atoms with Crippen LogP contribution < -0.4 is 20.4 Å². The molecule has 0 heterocycles. The van der Waals surface area contributed by atoms with E-state index in [4.69, 9.17) is 16.3 Å². The first kappa shape index (κ1) is 36.5. The molecular weight excluding hydrogens is 632 g/mol. The molecule has 3 heteroatoms. The molecule has 0 aliphatic heterocycles. The lowest BCUT2D eigenvalue weighted by molar-refractivity contribution is 0.366. The molecule has 2 aromatic carbocycles. The van der Waals surface area contributed by atoms with Gasteiger partial charge in [0.1, 0.15) is 20.4 Å². The van der Waals surface area contributed by atoms with Gasteiger partial charge in [0.2, 0.25) is 0 Å². The zero-order chi connectivity index (χ0) is 36.1. The van der Waals surface area contributed by atoms with Gasteiger partial charge in [-0.1, -0.05) is 157 Å². The molecule has 2 aromatic rings. The summed E-state index contributed by atoms with van der Waals surface area (Å²) in [4.78, 5) is 0. The van der Waals surface area contributed by atoms with Crippen LogP contribution in [-0.2, 0) is 22.7 Å². The fourth-order valence-electron chi connectivity index (χ4n) is 10.0. The molecule has 0 amide bonds. The minimum absolute atomic E-state index is 0.00977. The summed E-state index contributed by atoms with van der Waals surface area (Å²) >= 11 is 7.33. The highest BCUT2D eigenvalue weighted by molar-refractivity contribution is 7.06. The molecule has 6 rings (SSSR count). The molecular formula is C46H63ClOSi. The number of benzene rings is 2. The van der Waals surface area contributed by atoms with Gasteiger partial charge in [-0.3, -0.25) is 0 Å². The average Bonchev–Trinajstić information content (AvgIpc) is 3.32. The van der Waals surface area contributed by atoms with E-state index in [9.17, 15) is 0 Å². The maximum Gasteiger partial charge on any atom is 0.138 e. The number of allylic oxidation sites excluding steroid dienone is 4. The molecule has 0 N–H and O–H groups in total. The highest BCUT2D eigenvalue weighted by atomic mass is 35.5. The largest absolute Gasteiger partial charge is 0.488 e. The minimum atomic E-state index is -2.51. The van der Waals surface area contributed by atoms with Gasteiger partial charge in [-0.15, -0.1) is 0 Å². The van der Waals surface area contributed by atoms with Crippen molar-refractivity contribution in [1.82, 2.24) is 0 Å². The summed E-state index contributed by atoms with van der Waals surface area (Å²) < 4.78 is 6.65. The normalized spacial score (nSPS) is 22.7. The van der Waals surface area contributed by atoms with Gasteiger partial charge >= 0.3 is 0 Å². The van der Waals surface area contributed by atoms with Crippen molar-refractivity contribution in [2.45, 2.75) is 150 Å². The van der Waals surface area contributed by atoms with E-state index in [0.29, 0.717) is 12.5 Å². The van der Waals surface area contributed by atoms with Gasteiger partial charge in [0.25, 0.3) is 0 Å². The Labute approximate surface area is 304 Å². The fourth-order valence-corrected chi connectivity index (χ4v) is 15.2. The Morgan fingerprint density at radius 1 is 0.898 bits per heavy atom. The zero-order valence-electron chi connectivity index (χ0n) is 33.1. The number of halogens is 1. The van der Waals surface area contributed by atoms with E-state index in [2.05, 4.69) is 133 Å². The highest BCUT2D eigenvalue weighted by Crippen LogP contribution is 2.55. The van der Waals surface area contributed by atoms with E-state index in [1.165, 1.54) is 30.0 Å². The standard InChI is InChI=1S/C46H63ClOSi/c1-15-24-48-40-34(47)25-29(42(4,5)6)26-35(40)49(16-2,17-3)41-33-28-44(9,10)20-18-30(33)36-37(41)32-27-43(7,8)21-19-31(32)38-39(36)46(13,14)23-22-45(38,11)12/h15,22-23,25-28,30H,1,16-21,24H2,2-14H3. The summed E-state index contributed by atoms with van der Waals surface area (Å²) in [5.41, 5.74) is 9.65. The lowest BCUT2D eigenvalue weighted by atomic mass is 9.61. The fraction of sp³-hybridized carbons (Fsp3) is 0.565. The van der Waals surface area contributed by atoms with Crippen LogP contribution in [0.15, 0.2) is 48.6 Å². The third-order valence-corrected chi connectivity index (χ3v) is 18.4. The predicted molar refractivity (Wildman–Crippen MR) is 217 cm³/mol. The van der Waals surface area contributed by atoms with E-state index in [1.807, 2.05) is 6.08 Å². The molecule has 0 saturated carbocycles. The molecule has 49 heavy (non-hydrogen) atoms. The van der Waals surface area contributed by atoms with Crippen molar-refractivity contribution < 1.29 is 4.74 Å². The van der Waals surface area contributed by atoms with Crippen molar-refractivity contribution in [3.63, 3.8) is 0 Å². The predicted octanol–water partition coefficient (Wildman–Crippen LogP) is 11.0. The zero-order valence-corrected chi connectivity index (χ0v) is 34.8. The molecule has 4 aliphatic carbocycles. The molecule has 0 fully saturated rings. The highest BCUT2D eigenvalue weighted by Gasteiger charge is 2.51. The molecule has 264 valence electrons. The molecule has 1 unspecified atom stereocenters. The Morgan fingerprint density at radius 3 is 2.10 bits per heavy atom. The second-order valence-electron chi connectivity index (χ2n) is 19.4. The Bertz CT molecular complexity index is 1900. The number of hydrogen-bond acceptors (Lipinski definition) is 1. The van der Waals surface area contributed by atoms with Gasteiger partial charge in [0.05, 0.1) is 5.02 Å². The summed E-state index contributed by atoms with van der Waals surface area (Å²) in [6, 6.07) is 6.88. The average molecular weight is 696 g/mol. The number of hydrogen-bond donors (Lipinski definition) is 0. The third-order valence-electron chi connectivity index (χ3n) is 12.8. The molecule has 1 nitrogen and oxygen atoms in total. The van der Waals surface area contributed by atoms with Crippen LogP contribution in [0.2, 0.25) is 17.1 Å². The van der Waals surface area contributed by atoms with Crippen LogP contribution in [0, 0.1) is 10.8 Å². The lowest BCUT2D eigenvalue weighted by Crippen LogP contribution is -2.54. The van der Waals surface area contributed by atoms with Gasteiger partial charge in [-0.2, -0.15) is 0 Å². The van der Waals surface area contributed by atoms with Gasteiger partial charge in [0, 0.05) is 16.7 Å². The molecule has 0 bridgehead atoms. The van der Waals surface area contributed by atoms with Gasteiger partial charge in [-0.25, -0.2) is 0 Å². The first-order valence-corrected chi connectivity index (χ1v) is 21.9. The number of fused-ring (bicyclic) bond motifs is 8. The van der Waals surface area contributed by atoms with Crippen LogP contribution in [0.5, 0.6) is 5.75 Å². The van der Waals surface area contributed by atoms with E-state index in [-0.39, 0.29) is 27.1 Å². The van der Waals surface area contributed by atoms with E-state index in [0.717, 1.165) is 29.3 Å². The second-order valence-corrected chi connectivity index (χ2v) is 24.4. The number of ether oxygens (including phenoxy) is 1.